The molecule has 1 fully saturated rings. The molecule has 1 aliphatic heterocycles. The van der Waals surface area contributed by atoms with E-state index in [4.69, 9.17) is 5.11 Å². The van der Waals surface area contributed by atoms with E-state index >= 15 is 0 Å². The summed E-state index contributed by atoms with van der Waals surface area (Å²) in [6, 6.07) is 0. The average molecular weight is 245 g/mol. The van der Waals surface area contributed by atoms with Crippen molar-refractivity contribution < 1.29 is 19.5 Å². The molecule has 7 heteroatoms. The summed E-state index contributed by atoms with van der Waals surface area (Å²) in [6.45, 7) is 6.27. The number of carbonyl (C=O) groups is 2. The molecule has 98 valence electrons. The Bertz CT molecular complexity index is 287. The molecular weight excluding hydrogens is 226 g/mol. The zero-order valence-electron chi connectivity index (χ0n) is 10.2. The van der Waals surface area contributed by atoms with Crippen molar-refractivity contribution in [3.8, 4) is 0 Å². The number of aliphatic carboxylic acids is 1. The summed E-state index contributed by atoms with van der Waals surface area (Å²) in [6.07, 6.45) is 0. The zero-order chi connectivity index (χ0) is 12.9. The monoisotopic (exact) mass is 245 g/mol. The molecule has 0 aromatic rings. The van der Waals surface area contributed by atoms with Crippen molar-refractivity contribution in [1.29, 1.82) is 0 Å². The predicted molar refractivity (Wildman–Crippen MR) is 60.3 cm³/mol. The van der Waals surface area contributed by atoms with E-state index < -0.39 is 18.1 Å². The van der Waals surface area contributed by atoms with Crippen molar-refractivity contribution in [2.75, 3.05) is 32.8 Å². The van der Waals surface area contributed by atoms with Gasteiger partial charge in [0.05, 0.1) is 5.54 Å². The number of carboxylic acids is 1. The largest absolute Gasteiger partial charge is 0.479 e. The first-order valence-corrected chi connectivity index (χ1v) is 5.54. The summed E-state index contributed by atoms with van der Waals surface area (Å²) in [5, 5.41) is 11.6. The van der Waals surface area contributed by atoms with Crippen LogP contribution in [0.2, 0.25) is 0 Å². The normalized spacial score (nSPS) is 17.8. The van der Waals surface area contributed by atoms with Crippen molar-refractivity contribution in [3.05, 3.63) is 0 Å². The number of rotatable bonds is 5. The standard InChI is InChI=1S/C10H19N3O4/c1-10(2,13-5-3-11-4-6-13)9(16)12-17-7-8(14)15/h11H,3-7H2,1-2H3,(H,12,16)(H,14,15). The Balaban J connectivity index is 2.44. The molecule has 0 radical (unpaired) electrons. The maximum Gasteiger partial charge on any atom is 0.332 e. The highest BCUT2D eigenvalue weighted by Crippen LogP contribution is 2.14. The third-order valence-electron chi connectivity index (χ3n) is 2.82. The number of piperazine rings is 1. The van der Waals surface area contributed by atoms with E-state index in [2.05, 4.69) is 15.6 Å². The molecule has 1 aliphatic rings. The van der Waals surface area contributed by atoms with Crippen molar-refractivity contribution in [2.45, 2.75) is 19.4 Å². The van der Waals surface area contributed by atoms with Crippen LogP contribution in [0, 0.1) is 0 Å². The minimum Gasteiger partial charge on any atom is -0.479 e. The number of hydroxylamine groups is 1. The topological polar surface area (TPSA) is 90.9 Å². The molecule has 1 rings (SSSR count). The Morgan fingerprint density at radius 2 is 2.00 bits per heavy atom. The zero-order valence-corrected chi connectivity index (χ0v) is 10.2. The van der Waals surface area contributed by atoms with Crippen LogP contribution in [-0.2, 0) is 14.4 Å². The Kier molecular flexibility index (Phi) is 4.86. The minimum atomic E-state index is -1.12. The van der Waals surface area contributed by atoms with Crippen molar-refractivity contribution >= 4 is 11.9 Å². The third kappa shape index (κ3) is 3.95. The molecule has 3 N–H and O–H groups in total. The van der Waals surface area contributed by atoms with E-state index in [-0.39, 0.29) is 5.91 Å². The van der Waals surface area contributed by atoms with Gasteiger partial charge in [0.1, 0.15) is 0 Å². The van der Waals surface area contributed by atoms with Crippen LogP contribution in [0.15, 0.2) is 0 Å². The summed E-state index contributed by atoms with van der Waals surface area (Å²) < 4.78 is 0. The van der Waals surface area contributed by atoms with Gasteiger partial charge in [0, 0.05) is 26.2 Å². The summed E-state index contributed by atoms with van der Waals surface area (Å²) in [4.78, 5) is 28.7. The molecule has 0 unspecified atom stereocenters. The number of hydrogen-bond acceptors (Lipinski definition) is 5. The Labute approximate surface area is 100 Å². The summed E-state index contributed by atoms with van der Waals surface area (Å²) in [5.74, 6) is -1.45. The van der Waals surface area contributed by atoms with Gasteiger partial charge < -0.3 is 10.4 Å². The average Bonchev–Trinajstić information content (AvgIpc) is 2.29. The number of carboxylic acid groups (broad SMARTS) is 1. The first-order chi connectivity index (χ1) is 7.94. The van der Waals surface area contributed by atoms with Crippen LogP contribution < -0.4 is 10.8 Å². The van der Waals surface area contributed by atoms with Crippen LogP contribution in [0.1, 0.15) is 13.8 Å². The van der Waals surface area contributed by atoms with E-state index in [1.165, 1.54) is 0 Å². The second-order valence-electron chi connectivity index (χ2n) is 4.41. The lowest BCUT2D eigenvalue weighted by atomic mass is 10.0. The molecule has 17 heavy (non-hydrogen) atoms. The van der Waals surface area contributed by atoms with Crippen LogP contribution in [-0.4, -0.2) is 60.2 Å². The van der Waals surface area contributed by atoms with Crippen LogP contribution in [0.3, 0.4) is 0 Å². The van der Waals surface area contributed by atoms with Gasteiger partial charge in [0.15, 0.2) is 6.61 Å². The van der Waals surface area contributed by atoms with E-state index in [0.717, 1.165) is 26.2 Å². The van der Waals surface area contributed by atoms with Crippen LogP contribution >= 0.6 is 0 Å². The lowest BCUT2D eigenvalue weighted by Gasteiger charge is -2.39. The molecule has 0 aromatic heterocycles. The summed E-state index contributed by atoms with van der Waals surface area (Å²) in [7, 11) is 0. The van der Waals surface area contributed by atoms with Crippen molar-refractivity contribution in [2.24, 2.45) is 0 Å². The fourth-order valence-electron chi connectivity index (χ4n) is 1.66. The Morgan fingerprint density at radius 3 is 2.53 bits per heavy atom. The first-order valence-electron chi connectivity index (χ1n) is 5.54. The van der Waals surface area contributed by atoms with Gasteiger partial charge in [-0.2, -0.15) is 0 Å². The fraction of sp³-hybridized carbons (Fsp3) is 0.800. The smallest absolute Gasteiger partial charge is 0.332 e. The van der Waals surface area contributed by atoms with Gasteiger partial charge in [-0.05, 0) is 13.8 Å². The van der Waals surface area contributed by atoms with E-state index in [0.29, 0.717) is 0 Å². The van der Waals surface area contributed by atoms with Crippen LogP contribution in [0.4, 0.5) is 0 Å². The van der Waals surface area contributed by atoms with Gasteiger partial charge in [-0.3, -0.25) is 14.5 Å². The molecule has 0 aromatic carbocycles. The van der Waals surface area contributed by atoms with Gasteiger partial charge in [0.25, 0.3) is 5.91 Å². The van der Waals surface area contributed by atoms with Gasteiger partial charge in [-0.15, -0.1) is 0 Å². The van der Waals surface area contributed by atoms with Gasteiger partial charge in [0.2, 0.25) is 0 Å². The number of carbonyl (C=O) groups excluding carboxylic acids is 1. The molecular formula is C10H19N3O4. The number of hydrogen-bond donors (Lipinski definition) is 3. The van der Waals surface area contributed by atoms with E-state index in [1.54, 1.807) is 13.8 Å². The van der Waals surface area contributed by atoms with Crippen molar-refractivity contribution in [1.82, 2.24) is 15.7 Å². The van der Waals surface area contributed by atoms with E-state index in [9.17, 15) is 9.59 Å². The Morgan fingerprint density at radius 1 is 1.41 bits per heavy atom. The highest BCUT2D eigenvalue weighted by molar-refractivity contribution is 5.84. The summed E-state index contributed by atoms with van der Waals surface area (Å²) >= 11 is 0. The van der Waals surface area contributed by atoms with Crippen LogP contribution in [0.5, 0.6) is 0 Å². The number of nitrogens with zero attached hydrogens (tertiary/aromatic N) is 1. The highest BCUT2D eigenvalue weighted by Gasteiger charge is 2.35. The molecule has 0 spiro atoms. The molecule has 0 aliphatic carbocycles. The summed E-state index contributed by atoms with van der Waals surface area (Å²) in [5.41, 5.74) is 1.46. The van der Waals surface area contributed by atoms with Gasteiger partial charge >= 0.3 is 5.97 Å². The second-order valence-corrected chi connectivity index (χ2v) is 4.41. The van der Waals surface area contributed by atoms with Crippen LogP contribution in [0.25, 0.3) is 0 Å². The molecule has 1 saturated heterocycles. The maximum atomic E-state index is 11.9. The van der Waals surface area contributed by atoms with Gasteiger partial charge in [-0.1, -0.05) is 0 Å². The fourth-order valence-corrected chi connectivity index (χ4v) is 1.66. The molecule has 0 atom stereocenters. The quantitative estimate of drug-likeness (QED) is 0.527. The minimum absolute atomic E-state index is 0.333. The molecule has 1 heterocycles. The second kappa shape index (κ2) is 5.95. The SMILES string of the molecule is CC(C)(C(=O)NOCC(=O)O)N1CCNCC1. The van der Waals surface area contributed by atoms with E-state index in [1.807, 2.05) is 4.90 Å². The number of amides is 1. The highest BCUT2D eigenvalue weighted by atomic mass is 16.7. The Hall–Kier alpha value is -1.18. The van der Waals surface area contributed by atoms with Gasteiger partial charge in [-0.25, -0.2) is 10.3 Å². The lowest BCUT2D eigenvalue weighted by Crippen LogP contribution is -2.60. The molecule has 0 saturated carbocycles. The maximum absolute atomic E-state index is 11.9. The lowest BCUT2D eigenvalue weighted by molar-refractivity contribution is -0.154. The predicted octanol–water partition coefficient (Wildman–Crippen LogP) is -1.20. The molecule has 7 nitrogen and oxygen atoms in total. The third-order valence-corrected chi connectivity index (χ3v) is 2.82. The number of nitrogens with one attached hydrogen (secondary N) is 2. The molecule has 1 amide bonds. The first kappa shape index (κ1) is 13.9. The molecule has 0 bridgehead atoms. The van der Waals surface area contributed by atoms with Crippen molar-refractivity contribution in [3.63, 3.8) is 0 Å².